The Hall–Kier alpha value is -2.62. The van der Waals surface area contributed by atoms with Crippen LogP contribution in [0.25, 0.3) is 0 Å². The third-order valence-electron chi connectivity index (χ3n) is 3.33. The van der Waals surface area contributed by atoms with E-state index in [2.05, 4.69) is 0 Å². The quantitative estimate of drug-likeness (QED) is 0.830. The molecule has 0 heterocycles. The van der Waals surface area contributed by atoms with E-state index in [1.54, 1.807) is 18.2 Å². The molecule has 0 saturated carbocycles. The van der Waals surface area contributed by atoms with Gasteiger partial charge in [0.2, 0.25) is 0 Å². The summed E-state index contributed by atoms with van der Waals surface area (Å²) in [4.78, 5) is 22.1. The Balaban J connectivity index is 2.05. The molecule has 2 aromatic rings. The number of ketones is 1. The number of carboxylic acids is 1. The molecule has 114 valence electrons. The molecule has 0 unspecified atom stereocenters. The van der Waals surface area contributed by atoms with Crippen LogP contribution in [0.1, 0.15) is 34.0 Å². The highest BCUT2D eigenvalue weighted by molar-refractivity contribution is 5.95. The van der Waals surface area contributed by atoms with Crippen LogP contribution in [0.2, 0.25) is 0 Å². The molecule has 1 N–H and O–H groups in total. The lowest BCUT2D eigenvalue weighted by Gasteiger charge is -2.09. The van der Waals surface area contributed by atoms with Crippen LogP contribution in [0.4, 0.5) is 0 Å². The lowest BCUT2D eigenvalue weighted by molar-refractivity contribution is -0.136. The van der Waals surface area contributed by atoms with Crippen molar-refractivity contribution in [2.24, 2.45) is 0 Å². The van der Waals surface area contributed by atoms with Gasteiger partial charge in [-0.2, -0.15) is 0 Å². The Kier molecular flexibility index (Phi) is 4.94. The van der Waals surface area contributed by atoms with Crippen molar-refractivity contribution >= 4 is 11.8 Å². The highest BCUT2D eigenvalue weighted by atomic mass is 16.5. The zero-order valence-electron chi connectivity index (χ0n) is 12.6. The summed E-state index contributed by atoms with van der Waals surface area (Å²) >= 11 is 0. The second-order valence-corrected chi connectivity index (χ2v) is 5.21. The summed E-state index contributed by atoms with van der Waals surface area (Å²) in [6.45, 7) is 3.76. The van der Waals surface area contributed by atoms with Crippen LogP contribution in [-0.2, 0) is 17.8 Å². The van der Waals surface area contributed by atoms with E-state index < -0.39 is 5.97 Å². The predicted molar refractivity (Wildman–Crippen MR) is 83.3 cm³/mol. The number of ether oxygens (including phenoxy) is 1. The molecule has 0 aliphatic carbocycles. The first-order chi connectivity index (χ1) is 10.5. The fourth-order valence-electron chi connectivity index (χ4n) is 2.29. The van der Waals surface area contributed by atoms with E-state index in [4.69, 9.17) is 9.84 Å². The maximum Gasteiger partial charge on any atom is 0.307 e. The molecule has 4 nitrogen and oxygen atoms in total. The van der Waals surface area contributed by atoms with Crippen LogP contribution < -0.4 is 4.74 Å². The molecule has 0 spiro atoms. The molecular weight excluding hydrogens is 280 g/mol. The minimum absolute atomic E-state index is 0.000255. The van der Waals surface area contributed by atoms with E-state index in [-0.39, 0.29) is 12.2 Å². The minimum atomic E-state index is -0.853. The fraction of sp³-hybridized carbons (Fsp3) is 0.222. The van der Waals surface area contributed by atoms with Crippen molar-refractivity contribution in [2.75, 3.05) is 0 Å². The van der Waals surface area contributed by atoms with Gasteiger partial charge < -0.3 is 9.84 Å². The van der Waals surface area contributed by atoms with Crippen LogP contribution in [0, 0.1) is 6.92 Å². The van der Waals surface area contributed by atoms with Gasteiger partial charge in [-0.1, -0.05) is 24.3 Å². The lowest BCUT2D eigenvalue weighted by Crippen LogP contribution is -2.02. The molecule has 0 bridgehead atoms. The summed E-state index contributed by atoms with van der Waals surface area (Å²) in [7, 11) is 0. The van der Waals surface area contributed by atoms with Crippen LogP contribution in [0.5, 0.6) is 5.75 Å². The molecule has 0 aliphatic rings. The fourth-order valence-corrected chi connectivity index (χ4v) is 2.29. The summed E-state index contributed by atoms with van der Waals surface area (Å²) < 4.78 is 5.71. The average molecular weight is 298 g/mol. The van der Waals surface area contributed by atoms with E-state index in [1.807, 2.05) is 31.2 Å². The number of aryl methyl sites for hydroxylation is 1. The number of hydrogen-bond donors (Lipinski definition) is 1. The van der Waals surface area contributed by atoms with Gasteiger partial charge in [0, 0.05) is 5.56 Å². The van der Waals surface area contributed by atoms with Crippen molar-refractivity contribution in [3.8, 4) is 5.75 Å². The summed E-state index contributed by atoms with van der Waals surface area (Å²) in [6.07, 6.45) is 0.000255. The number of hydrogen-bond acceptors (Lipinski definition) is 3. The molecule has 0 fully saturated rings. The van der Waals surface area contributed by atoms with Crippen LogP contribution in [0.15, 0.2) is 42.5 Å². The highest BCUT2D eigenvalue weighted by Crippen LogP contribution is 2.19. The normalized spacial score (nSPS) is 10.3. The third kappa shape index (κ3) is 4.19. The molecule has 4 heteroatoms. The van der Waals surface area contributed by atoms with E-state index in [0.717, 1.165) is 16.7 Å². The van der Waals surface area contributed by atoms with Gasteiger partial charge in [-0.15, -0.1) is 0 Å². The van der Waals surface area contributed by atoms with Crippen molar-refractivity contribution in [2.45, 2.75) is 26.9 Å². The Morgan fingerprint density at radius 3 is 2.45 bits per heavy atom. The van der Waals surface area contributed by atoms with Crippen molar-refractivity contribution in [1.29, 1.82) is 0 Å². The first-order valence-electron chi connectivity index (χ1n) is 6.99. The smallest absolute Gasteiger partial charge is 0.307 e. The zero-order valence-corrected chi connectivity index (χ0v) is 12.6. The highest BCUT2D eigenvalue weighted by Gasteiger charge is 2.06. The van der Waals surface area contributed by atoms with E-state index in [0.29, 0.717) is 17.9 Å². The van der Waals surface area contributed by atoms with Crippen LogP contribution in [0.3, 0.4) is 0 Å². The standard InChI is InChI=1S/C18H18O4/c1-12-8-16(6-7-17(12)13(2)19)22-11-15-5-3-4-14(9-15)10-18(20)21/h3-9H,10-11H2,1-2H3,(H,20,21). The van der Waals surface area contributed by atoms with Gasteiger partial charge in [0.25, 0.3) is 0 Å². The number of aliphatic carboxylic acids is 1. The first-order valence-corrected chi connectivity index (χ1v) is 6.99. The Morgan fingerprint density at radius 2 is 1.82 bits per heavy atom. The van der Waals surface area contributed by atoms with Gasteiger partial charge in [0.05, 0.1) is 6.42 Å². The lowest BCUT2D eigenvalue weighted by atomic mass is 10.1. The van der Waals surface area contributed by atoms with Gasteiger partial charge in [0.1, 0.15) is 12.4 Å². The predicted octanol–water partition coefficient (Wildman–Crippen LogP) is 3.40. The van der Waals surface area contributed by atoms with Crippen molar-refractivity contribution < 1.29 is 19.4 Å². The molecule has 0 radical (unpaired) electrons. The zero-order chi connectivity index (χ0) is 16.1. The molecular formula is C18H18O4. The molecule has 0 aromatic heterocycles. The first kappa shape index (κ1) is 15.8. The number of Topliss-reactive ketones (excluding diaryl/α,β-unsaturated/α-hetero) is 1. The Labute approximate surface area is 129 Å². The third-order valence-corrected chi connectivity index (χ3v) is 3.33. The van der Waals surface area contributed by atoms with E-state index in [9.17, 15) is 9.59 Å². The number of carbonyl (C=O) groups is 2. The molecule has 0 amide bonds. The molecule has 0 saturated heterocycles. The second kappa shape index (κ2) is 6.89. The Morgan fingerprint density at radius 1 is 1.09 bits per heavy atom. The summed E-state index contributed by atoms with van der Waals surface area (Å²) in [5, 5.41) is 8.81. The van der Waals surface area contributed by atoms with Crippen molar-refractivity contribution in [3.05, 3.63) is 64.7 Å². The summed E-state index contributed by atoms with van der Waals surface area (Å²) in [5.74, 6) is -0.134. The number of rotatable bonds is 6. The van der Waals surface area contributed by atoms with E-state index in [1.165, 1.54) is 6.92 Å². The van der Waals surface area contributed by atoms with Gasteiger partial charge in [-0.25, -0.2) is 0 Å². The molecule has 2 rings (SSSR count). The molecule has 22 heavy (non-hydrogen) atoms. The number of benzene rings is 2. The maximum absolute atomic E-state index is 11.4. The van der Waals surface area contributed by atoms with Crippen molar-refractivity contribution in [3.63, 3.8) is 0 Å². The molecule has 2 aromatic carbocycles. The second-order valence-electron chi connectivity index (χ2n) is 5.21. The number of carbonyl (C=O) groups excluding carboxylic acids is 1. The van der Waals surface area contributed by atoms with E-state index >= 15 is 0 Å². The van der Waals surface area contributed by atoms with Crippen molar-refractivity contribution in [1.82, 2.24) is 0 Å². The average Bonchev–Trinajstić information content (AvgIpc) is 2.44. The van der Waals surface area contributed by atoms with Gasteiger partial charge in [0.15, 0.2) is 5.78 Å². The summed E-state index contributed by atoms with van der Waals surface area (Å²) in [6, 6.07) is 12.7. The van der Waals surface area contributed by atoms with Gasteiger partial charge >= 0.3 is 5.97 Å². The minimum Gasteiger partial charge on any atom is -0.489 e. The maximum atomic E-state index is 11.4. The largest absolute Gasteiger partial charge is 0.489 e. The van der Waals surface area contributed by atoms with Crippen LogP contribution in [-0.4, -0.2) is 16.9 Å². The van der Waals surface area contributed by atoms with Gasteiger partial charge in [-0.05, 0) is 48.7 Å². The SMILES string of the molecule is CC(=O)c1ccc(OCc2cccc(CC(=O)O)c2)cc1C. The van der Waals surface area contributed by atoms with Gasteiger partial charge in [-0.3, -0.25) is 9.59 Å². The molecule has 0 aliphatic heterocycles. The molecule has 0 atom stereocenters. The number of carboxylic acid groups (broad SMARTS) is 1. The van der Waals surface area contributed by atoms with Crippen LogP contribution >= 0.6 is 0 Å². The summed E-state index contributed by atoms with van der Waals surface area (Å²) in [5.41, 5.74) is 3.23. The Bertz CT molecular complexity index is 704. The monoisotopic (exact) mass is 298 g/mol. The topological polar surface area (TPSA) is 63.6 Å².